The predicted octanol–water partition coefficient (Wildman–Crippen LogP) is 3.61. The molecule has 0 aromatic heterocycles. The summed E-state index contributed by atoms with van der Waals surface area (Å²) in [6.07, 6.45) is 0. The fourth-order valence-electron chi connectivity index (χ4n) is 3.46. The Kier molecular flexibility index (Phi) is 5.03. The summed E-state index contributed by atoms with van der Waals surface area (Å²) in [5.74, 6) is 0.0552. The highest BCUT2D eigenvalue weighted by Gasteiger charge is 2.50. The normalized spacial score (nSPS) is 13.5. The number of rotatable bonds is 5. The number of hydrogen-bond donors (Lipinski definition) is 1. The molecule has 0 aliphatic rings. The topological polar surface area (TPSA) is 60.2 Å². The van der Waals surface area contributed by atoms with E-state index in [9.17, 15) is 8.42 Å². The van der Waals surface area contributed by atoms with Crippen molar-refractivity contribution in [2.24, 2.45) is 17.0 Å². The van der Waals surface area contributed by atoms with Crippen LogP contribution in [0, 0.1) is 11.8 Å². The van der Waals surface area contributed by atoms with Crippen LogP contribution < -0.4 is 5.14 Å². The minimum Gasteiger partial charge on any atom is -0.228 e. The van der Waals surface area contributed by atoms with E-state index >= 15 is 0 Å². The van der Waals surface area contributed by atoms with E-state index in [4.69, 9.17) is 5.14 Å². The summed E-state index contributed by atoms with van der Waals surface area (Å²) in [6.45, 7) is 11.9. The zero-order chi connectivity index (χ0) is 15.7. The van der Waals surface area contributed by atoms with Crippen LogP contribution in [0.2, 0.25) is 0 Å². The molecule has 0 radical (unpaired) electrons. The van der Waals surface area contributed by atoms with Crippen LogP contribution in [0.1, 0.15) is 58.6 Å². The second-order valence-electron chi connectivity index (χ2n) is 6.39. The van der Waals surface area contributed by atoms with Gasteiger partial charge in [0.2, 0.25) is 10.0 Å². The molecule has 0 saturated heterocycles. The Morgan fingerprint density at radius 3 is 1.75 bits per heavy atom. The van der Waals surface area contributed by atoms with Gasteiger partial charge in [-0.3, -0.25) is 0 Å². The van der Waals surface area contributed by atoms with Crippen LogP contribution in [0.3, 0.4) is 0 Å². The lowest BCUT2D eigenvalue weighted by Gasteiger charge is -2.41. The number of sulfonamides is 1. The number of benzene rings is 1. The van der Waals surface area contributed by atoms with Gasteiger partial charge >= 0.3 is 0 Å². The van der Waals surface area contributed by atoms with Crippen molar-refractivity contribution < 1.29 is 8.42 Å². The maximum atomic E-state index is 12.5. The first-order chi connectivity index (χ1) is 9.06. The Hall–Kier alpha value is -0.870. The lowest BCUT2D eigenvalue weighted by atomic mass is 9.75. The van der Waals surface area contributed by atoms with E-state index in [1.165, 1.54) is 0 Å². The standard InChI is InChI=1S/C16H27NO2S/c1-11(2)14-9-7-8-10-15(14)16(12(3)4,13(5)6)20(17,18)19/h7-13H,1-6H3,(H2,17,18,19). The largest absolute Gasteiger partial charge is 0.228 e. The summed E-state index contributed by atoms with van der Waals surface area (Å²) in [4.78, 5) is 0. The van der Waals surface area contributed by atoms with Gasteiger partial charge in [0.1, 0.15) is 4.75 Å². The monoisotopic (exact) mass is 297 g/mol. The summed E-state index contributed by atoms with van der Waals surface area (Å²) < 4.78 is 23.9. The van der Waals surface area contributed by atoms with Crippen molar-refractivity contribution in [2.75, 3.05) is 0 Å². The van der Waals surface area contributed by atoms with Gasteiger partial charge in [-0.25, -0.2) is 13.6 Å². The van der Waals surface area contributed by atoms with E-state index in [0.29, 0.717) is 0 Å². The Morgan fingerprint density at radius 1 is 0.950 bits per heavy atom. The van der Waals surface area contributed by atoms with Crippen LogP contribution in [0.15, 0.2) is 24.3 Å². The maximum absolute atomic E-state index is 12.5. The van der Waals surface area contributed by atoms with Crippen LogP contribution in [-0.4, -0.2) is 8.42 Å². The van der Waals surface area contributed by atoms with Gasteiger partial charge in [0, 0.05) is 0 Å². The maximum Gasteiger partial charge on any atom is 0.219 e. The van der Waals surface area contributed by atoms with Crippen LogP contribution >= 0.6 is 0 Å². The highest BCUT2D eigenvalue weighted by Crippen LogP contribution is 2.45. The molecule has 0 fully saturated rings. The van der Waals surface area contributed by atoms with E-state index in [-0.39, 0.29) is 17.8 Å². The van der Waals surface area contributed by atoms with Crippen LogP contribution in [0.5, 0.6) is 0 Å². The molecule has 20 heavy (non-hydrogen) atoms. The average molecular weight is 297 g/mol. The van der Waals surface area contributed by atoms with Crippen molar-refractivity contribution in [3.8, 4) is 0 Å². The summed E-state index contributed by atoms with van der Waals surface area (Å²) in [5, 5.41) is 5.69. The number of primary sulfonamides is 1. The van der Waals surface area contributed by atoms with Gasteiger partial charge in [0.15, 0.2) is 0 Å². The predicted molar refractivity (Wildman–Crippen MR) is 85.0 cm³/mol. The molecule has 0 heterocycles. The number of hydrogen-bond acceptors (Lipinski definition) is 2. The molecule has 2 N–H and O–H groups in total. The molecule has 4 heteroatoms. The lowest BCUT2D eigenvalue weighted by Crippen LogP contribution is -2.49. The third-order valence-electron chi connectivity index (χ3n) is 4.19. The minimum absolute atomic E-state index is 0.0996. The molecule has 0 amide bonds. The second kappa shape index (κ2) is 5.86. The van der Waals surface area contributed by atoms with Crippen LogP contribution in [0.4, 0.5) is 0 Å². The van der Waals surface area contributed by atoms with Gasteiger partial charge in [-0.05, 0) is 28.9 Å². The molecule has 0 aliphatic carbocycles. The molecule has 0 spiro atoms. The molecular formula is C16H27NO2S. The smallest absolute Gasteiger partial charge is 0.219 e. The molecule has 0 aliphatic heterocycles. The van der Waals surface area contributed by atoms with Crippen molar-refractivity contribution in [1.29, 1.82) is 0 Å². The minimum atomic E-state index is -3.73. The van der Waals surface area contributed by atoms with E-state index in [2.05, 4.69) is 13.8 Å². The van der Waals surface area contributed by atoms with Crippen LogP contribution in [0.25, 0.3) is 0 Å². The van der Waals surface area contributed by atoms with E-state index < -0.39 is 14.8 Å². The summed E-state index contributed by atoms with van der Waals surface area (Å²) >= 11 is 0. The lowest BCUT2D eigenvalue weighted by molar-refractivity contribution is 0.315. The summed E-state index contributed by atoms with van der Waals surface area (Å²) in [7, 11) is -3.73. The molecule has 0 unspecified atom stereocenters. The fourth-order valence-corrected chi connectivity index (χ4v) is 5.26. The highest BCUT2D eigenvalue weighted by atomic mass is 32.2. The molecule has 3 nitrogen and oxygen atoms in total. The second-order valence-corrected chi connectivity index (χ2v) is 8.16. The number of nitrogens with two attached hydrogens (primary N) is 1. The fraction of sp³-hybridized carbons (Fsp3) is 0.625. The molecule has 1 rings (SSSR count). The molecule has 114 valence electrons. The van der Waals surface area contributed by atoms with E-state index in [1.807, 2.05) is 52.0 Å². The van der Waals surface area contributed by atoms with E-state index in [1.54, 1.807) is 0 Å². The van der Waals surface area contributed by atoms with Crippen LogP contribution in [-0.2, 0) is 14.8 Å². The molecule has 1 aromatic rings. The molecule has 0 saturated carbocycles. The quantitative estimate of drug-likeness (QED) is 0.902. The first kappa shape index (κ1) is 17.2. The Morgan fingerprint density at radius 2 is 1.40 bits per heavy atom. The Labute approximate surface area is 123 Å². The first-order valence-electron chi connectivity index (χ1n) is 7.18. The van der Waals surface area contributed by atoms with E-state index in [0.717, 1.165) is 11.1 Å². The van der Waals surface area contributed by atoms with Gasteiger partial charge in [-0.1, -0.05) is 65.8 Å². The van der Waals surface area contributed by atoms with Crippen molar-refractivity contribution in [2.45, 2.75) is 52.2 Å². The van der Waals surface area contributed by atoms with Gasteiger partial charge in [0.05, 0.1) is 0 Å². The first-order valence-corrected chi connectivity index (χ1v) is 8.73. The molecule has 1 aromatic carbocycles. The Bertz CT molecular complexity index is 552. The average Bonchev–Trinajstić information content (AvgIpc) is 2.26. The van der Waals surface area contributed by atoms with Gasteiger partial charge in [-0.2, -0.15) is 0 Å². The van der Waals surface area contributed by atoms with Crippen molar-refractivity contribution in [1.82, 2.24) is 0 Å². The summed E-state index contributed by atoms with van der Waals surface area (Å²) in [6, 6.07) is 7.77. The molecule has 0 atom stereocenters. The third kappa shape index (κ3) is 2.63. The third-order valence-corrected chi connectivity index (χ3v) is 6.29. The van der Waals surface area contributed by atoms with Crippen molar-refractivity contribution in [3.63, 3.8) is 0 Å². The van der Waals surface area contributed by atoms with Crippen molar-refractivity contribution in [3.05, 3.63) is 35.4 Å². The zero-order valence-corrected chi connectivity index (χ0v) is 14.2. The molecular weight excluding hydrogens is 270 g/mol. The van der Waals surface area contributed by atoms with Gasteiger partial charge in [-0.15, -0.1) is 0 Å². The van der Waals surface area contributed by atoms with Gasteiger partial charge in [0.25, 0.3) is 0 Å². The Balaban J connectivity index is 3.81. The highest BCUT2D eigenvalue weighted by molar-refractivity contribution is 7.90. The van der Waals surface area contributed by atoms with Gasteiger partial charge < -0.3 is 0 Å². The SMILES string of the molecule is CC(C)c1ccccc1C(C(C)C)(C(C)C)S(N)(=O)=O. The zero-order valence-electron chi connectivity index (χ0n) is 13.3. The molecule has 0 bridgehead atoms. The summed E-state index contributed by atoms with van der Waals surface area (Å²) in [5.41, 5.74) is 1.91. The van der Waals surface area contributed by atoms with Crippen molar-refractivity contribution >= 4 is 10.0 Å².